The average Bonchev–Trinajstić information content (AvgIpc) is 2.49. The molecular formula is C11H9NS2. The molecule has 1 heterocycles. The third kappa shape index (κ3) is 1.61. The van der Waals surface area contributed by atoms with Crippen LogP contribution in [0.3, 0.4) is 0 Å². The molecule has 0 spiro atoms. The number of nitrogens with zero attached hydrogens (tertiary/aromatic N) is 1. The molecule has 0 unspecified atom stereocenters. The van der Waals surface area contributed by atoms with Crippen LogP contribution in [0.15, 0.2) is 36.4 Å². The quantitative estimate of drug-likeness (QED) is 0.668. The number of rotatable bonds is 1. The van der Waals surface area contributed by atoms with Gasteiger partial charge in [0.2, 0.25) is 0 Å². The second kappa shape index (κ2) is 3.59. The number of hydrogen-bond acceptors (Lipinski definition) is 2. The lowest BCUT2D eigenvalue weighted by Gasteiger charge is -2.18. The molecule has 0 fully saturated rings. The summed E-state index contributed by atoms with van der Waals surface area (Å²) in [4.78, 5) is 3.42. The van der Waals surface area contributed by atoms with Gasteiger partial charge in [0.1, 0.15) is 9.98 Å². The summed E-state index contributed by atoms with van der Waals surface area (Å²) >= 11 is 10.4. The maximum atomic E-state index is 5.18. The van der Waals surface area contributed by atoms with E-state index in [1.54, 1.807) is 0 Å². The summed E-state index contributed by atoms with van der Waals surface area (Å²) in [7, 11) is 0. The highest BCUT2D eigenvalue weighted by Crippen LogP contribution is 2.20. The van der Waals surface area contributed by atoms with E-state index in [0.29, 0.717) is 0 Å². The van der Waals surface area contributed by atoms with Crippen LogP contribution in [0.5, 0.6) is 0 Å². The van der Waals surface area contributed by atoms with E-state index in [0.717, 1.165) is 15.7 Å². The molecule has 1 nitrogen and oxygen atoms in total. The van der Waals surface area contributed by atoms with Gasteiger partial charge in [-0.3, -0.25) is 4.90 Å². The zero-order valence-electron chi connectivity index (χ0n) is 7.73. The van der Waals surface area contributed by atoms with E-state index < -0.39 is 0 Å². The smallest absolute Gasteiger partial charge is 0.111 e. The van der Waals surface area contributed by atoms with Gasteiger partial charge >= 0.3 is 0 Å². The Bertz CT molecular complexity index is 399. The summed E-state index contributed by atoms with van der Waals surface area (Å²) in [5.74, 6) is 0. The van der Waals surface area contributed by atoms with Crippen LogP contribution >= 0.6 is 24.4 Å². The van der Waals surface area contributed by atoms with Gasteiger partial charge in [-0.25, -0.2) is 0 Å². The summed E-state index contributed by atoms with van der Waals surface area (Å²) < 4.78 is 0. The molecule has 0 aliphatic carbocycles. The van der Waals surface area contributed by atoms with Crippen molar-refractivity contribution in [2.75, 3.05) is 4.90 Å². The summed E-state index contributed by atoms with van der Waals surface area (Å²) in [6, 6.07) is 8.17. The monoisotopic (exact) mass is 219 g/mol. The Morgan fingerprint density at radius 2 is 1.43 bits per heavy atom. The molecule has 2 rings (SSSR count). The van der Waals surface area contributed by atoms with Gasteiger partial charge in [-0.05, 0) is 31.2 Å². The van der Waals surface area contributed by atoms with Crippen LogP contribution in [0, 0.1) is 6.92 Å². The van der Waals surface area contributed by atoms with Gasteiger partial charge in [-0.15, -0.1) is 0 Å². The van der Waals surface area contributed by atoms with Gasteiger partial charge in [-0.1, -0.05) is 42.1 Å². The van der Waals surface area contributed by atoms with Crippen LogP contribution in [0.25, 0.3) is 0 Å². The Hall–Kier alpha value is -1.06. The minimum atomic E-state index is 0.763. The zero-order valence-corrected chi connectivity index (χ0v) is 9.36. The highest BCUT2D eigenvalue weighted by atomic mass is 32.1. The zero-order chi connectivity index (χ0) is 10.1. The van der Waals surface area contributed by atoms with Crippen molar-refractivity contribution in [2.24, 2.45) is 0 Å². The summed E-state index contributed by atoms with van der Waals surface area (Å²) in [6.07, 6.45) is 3.72. The maximum absolute atomic E-state index is 5.18. The summed E-state index contributed by atoms with van der Waals surface area (Å²) in [5.41, 5.74) is 2.27. The molecule has 0 aromatic heterocycles. The molecule has 3 heteroatoms. The van der Waals surface area contributed by atoms with E-state index >= 15 is 0 Å². The van der Waals surface area contributed by atoms with E-state index in [2.05, 4.69) is 19.1 Å². The van der Waals surface area contributed by atoms with Crippen molar-refractivity contribution in [1.82, 2.24) is 0 Å². The lowest BCUT2D eigenvalue weighted by atomic mass is 10.2. The Morgan fingerprint density at radius 1 is 0.929 bits per heavy atom. The number of benzene rings is 1. The van der Waals surface area contributed by atoms with Crippen LogP contribution < -0.4 is 4.90 Å². The van der Waals surface area contributed by atoms with E-state index in [1.807, 2.05) is 29.2 Å². The van der Waals surface area contributed by atoms with Crippen molar-refractivity contribution in [1.29, 1.82) is 0 Å². The van der Waals surface area contributed by atoms with Crippen molar-refractivity contribution >= 4 is 40.1 Å². The lowest BCUT2D eigenvalue weighted by Crippen LogP contribution is -2.26. The van der Waals surface area contributed by atoms with Gasteiger partial charge in [0.15, 0.2) is 0 Å². The molecule has 0 bridgehead atoms. The van der Waals surface area contributed by atoms with Crippen LogP contribution in [-0.2, 0) is 0 Å². The number of anilines is 1. The molecule has 14 heavy (non-hydrogen) atoms. The van der Waals surface area contributed by atoms with E-state index in [9.17, 15) is 0 Å². The second-order valence-electron chi connectivity index (χ2n) is 3.18. The highest BCUT2D eigenvalue weighted by Gasteiger charge is 2.18. The number of aryl methyl sites for hydroxylation is 1. The highest BCUT2D eigenvalue weighted by molar-refractivity contribution is 7.83. The maximum Gasteiger partial charge on any atom is 0.111 e. The average molecular weight is 219 g/mol. The fourth-order valence-electron chi connectivity index (χ4n) is 1.35. The van der Waals surface area contributed by atoms with Gasteiger partial charge in [0, 0.05) is 5.69 Å². The molecule has 0 radical (unpaired) electrons. The molecule has 0 saturated carbocycles. The van der Waals surface area contributed by atoms with Crippen molar-refractivity contribution in [3.8, 4) is 0 Å². The molecule has 0 amide bonds. The number of thiocarbonyl (C=S) groups is 2. The lowest BCUT2D eigenvalue weighted by molar-refractivity contribution is 1.43. The summed E-state index contributed by atoms with van der Waals surface area (Å²) in [6.45, 7) is 2.06. The first-order chi connectivity index (χ1) is 6.68. The first-order valence-corrected chi connectivity index (χ1v) is 5.13. The molecule has 0 atom stereocenters. The van der Waals surface area contributed by atoms with Crippen LogP contribution in [0.2, 0.25) is 0 Å². The molecule has 70 valence electrons. The predicted molar refractivity (Wildman–Crippen MR) is 68.0 cm³/mol. The first-order valence-electron chi connectivity index (χ1n) is 4.31. The van der Waals surface area contributed by atoms with E-state index in [1.165, 1.54) is 5.56 Å². The number of hydrogen-bond donors (Lipinski definition) is 0. The van der Waals surface area contributed by atoms with Crippen molar-refractivity contribution in [3.05, 3.63) is 42.0 Å². The Kier molecular flexibility index (Phi) is 2.44. The molecule has 1 aliphatic heterocycles. The second-order valence-corrected chi connectivity index (χ2v) is 4.02. The van der Waals surface area contributed by atoms with Crippen LogP contribution in [0.4, 0.5) is 5.69 Å². The van der Waals surface area contributed by atoms with E-state index in [-0.39, 0.29) is 0 Å². The molecular weight excluding hydrogens is 210 g/mol. The minimum absolute atomic E-state index is 0.763. The van der Waals surface area contributed by atoms with Gasteiger partial charge in [0.05, 0.1) is 0 Å². The largest absolute Gasteiger partial charge is 0.292 e. The predicted octanol–water partition coefficient (Wildman–Crippen LogP) is 3.03. The van der Waals surface area contributed by atoms with Gasteiger partial charge in [-0.2, -0.15) is 0 Å². The fraction of sp³-hybridized carbons (Fsp3) is 0.0909. The standard InChI is InChI=1S/C11H9NS2/c1-8-2-4-9(5-3-8)12-10(13)6-7-11(12)14/h2-7H,1H3. The Morgan fingerprint density at radius 3 is 1.93 bits per heavy atom. The van der Waals surface area contributed by atoms with Crippen molar-refractivity contribution < 1.29 is 0 Å². The van der Waals surface area contributed by atoms with Crippen LogP contribution in [-0.4, -0.2) is 9.98 Å². The summed E-state index contributed by atoms with van der Waals surface area (Å²) in [5, 5.41) is 0. The fourth-order valence-corrected chi connectivity index (χ4v) is 1.95. The van der Waals surface area contributed by atoms with Crippen molar-refractivity contribution in [3.63, 3.8) is 0 Å². The van der Waals surface area contributed by atoms with Crippen molar-refractivity contribution in [2.45, 2.75) is 6.92 Å². The molecule has 1 aromatic rings. The normalized spacial score (nSPS) is 15.4. The third-order valence-corrected chi connectivity index (χ3v) is 2.74. The van der Waals surface area contributed by atoms with Gasteiger partial charge < -0.3 is 0 Å². The SMILES string of the molecule is Cc1ccc(N2C(=S)C=CC2=S)cc1. The molecule has 0 saturated heterocycles. The van der Waals surface area contributed by atoms with Gasteiger partial charge in [0.25, 0.3) is 0 Å². The minimum Gasteiger partial charge on any atom is -0.292 e. The third-order valence-electron chi connectivity index (χ3n) is 2.10. The molecule has 1 aliphatic rings. The topological polar surface area (TPSA) is 3.24 Å². The Labute approximate surface area is 94.0 Å². The Balaban J connectivity index is 2.36. The first kappa shape index (κ1) is 9.49. The molecule has 1 aromatic carbocycles. The van der Waals surface area contributed by atoms with E-state index in [4.69, 9.17) is 24.4 Å². The molecule has 0 N–H and O–H groups in total. The van der Waals surface area contributed by atoms with Crippen LogP contribution in [0.1, 0.15) is 5.56 Å².